The number of anilines is 1. The molecule has 0 bridgehead atoms. The Morgan fingerprint density at radius 1 is 0.886 bits per heavy atom. The predicted octanol–water partition coefficient (Wildman–Crippen LogP) is 6.51. The maximum atomic E-state index is 12.5. The number of methoxy groups -OCH3 is 1. The lowest BCUT2D eigenvalue weighted by Gasteiger charge is -2.30. The summed E-state index contributed by atoms with van der Waals surface area (Å²) in [5, 5.41) is 2.91. The van der Waals surface area contributed by atoms with Crippen LogP contribution < -0.4 is 14.8 Å². The molecule has 5 nitrogen and oxygen atoms in total. The van der Waals surface area contributed by atoms with Crippen LogP contribution in [0.4, 0.5) is 5.69 Å². The van der Waals surface area contributed by atoms with E-state index in [2.05, 4.69) is 62.2 Å². The molecule has 5 heteroatoms. The van der Waals surface area contributed by atoms with Crippen LogP contribution >= 0.6 is 0 Å². The first kappa shape index (κ1) is 26.0. The molecular weight excluding hydrogens is 436 g/mol. The van der Waals surface area contributed by atoms with Crippen LogP contribution in [0.3, 0.4) is 0 Å². The monoisotopic (exact) mass is 472 g/mol. The summed E-state index contributed by atoms with van der Waals surface area (Å²) >= 11 is 0. The van der Waals surface area contributed by atoms with Gasteiger partial charge in [-0.1, -0.05) is 54.6 Å². The molecule has 0 aliphatic rings. The quantitative estimate of drug-likeness (QED) is 0.323. The Labute approximate surface area is 209 Å². The minimum absolute atomic E-state index is 0.209. The van der Waals surface area contributed by atoms with Gasteiger partial charge in [0.05, 0.1) is 7.11 Å². The SMILES string of the molecule is COc1ccc(NC(=O)C=Cc2ccc(-c3ccccc3)cc2)cc1OCCN(C(C)C)C(C)C. The van der Waals surface area contributed by atoms with E-state index in [1.165, 1.54) is 11.6 Å². The molecule has 0 unspecified atom stereocenters. The highest BCUT2D eigenvalue weighted by Gasteiger charge is 2.14. The third-order valence-electron chi connectivity index (χ3n) is 5.81. The van der Waals surface area contributed by atoms with Crippen LogP contribution in [0.15, 0.2) is 78.9 Å². The zero-order chi connectivity index (χ0) is 25.2. The minimum atomic E-state index is -0.209. The van der Waals surface area contributed by atoms with Crippen LogP contribution in [0.1, 0.15) is 33.3 Å². The number of benzene rings is 3. The Morgan fingerprint density at radius 2 is 1.54 bits per heavy atom. The van der Waals surface area contributed by atoms with Gasteiger partial charge in [0.2, 0.25) is 5.91 Å². The summed E-state index contributed by atoms with van der Waals surface area (Å²) in [4.78, 5) is 14.9. The first-order chi connectivity index (χ1) is 16.9. The second-order valence-electron chi connectivity index (χ2n) is 8.95. The van der Waals surface area contributed by atoms with Crippen molar-refractivity contribution in [2.75, 3.05) is 25.6 Å². The number of hydrogen-bond donors (Lipinski definition) is 1. The van der Waals surface area contributed by atoms with E-state index in [1.807, 2.05) is 30.3 Å². The fraction of sp³-hybridized carbons (Fsp3) is 0.300. The molecule has 0 spiro atoms. The standard InChI is InChI=1S/C30H36N2O3/c1-22(2)32(23(3)4)19-20-35-29-21-27(16-17-28(29)34-5)31-30(33)18-13-24-11-14-26(15-12-24)25-9-7-6-8-10-25/h6-18,21-23H,19-20H2,1-5H3,(H,31,33). The molecule has 0 radical (unpaired) electrons. The highest BCUT2D eigenvalue weighted by Crippen LogP contribution is 2.30. The van der Waals surface area contributed by atoms with E-state index in [9.17, 15) is 4.79 Å². The van der Waals surface area contributed by atoms with Gasteiger partial charge < -0.3 is 14.8 Å². The average molecular weight is 473 g/mol. The molecule has 0 aliphatic carbocycles. The van der Waals surface area contributed by atoms with Crippen molar-refractivity contribution < 1.29 is 14.3 Å². The average Bonchev–Trinajstić information content (AvgIpc) is 2.86. The van der Waals surface area contributed by atoms with Gasteiger partial charge in [-0.15, -0.1) is 0 Å². The molecule has 1 amide bonds. The number of ether oxygens (including phenoxy) is 2. The Hall–Kier alpha value is -3.57. The van der Waals surface area contributed by atoms with Crippen LogP contribution in [0, 0.1) is 0 Å². The minimum Gasteiger partial charge on any atom is -0.493 e. The smallest absolute Gasteiger partial charge is 0.248 e. The highest BCUT2D eigenvalue weighted by atomic mass is 16.5. The summed E-state index contributed by atoms with van der Waals surface area (Å²) in [6.45, 7) is 10.1. The van der Waals surface area contributed by atoms with Gasteiger partial charge >= 0.3 is 0 Å². The Kier molecular flexibility index (Phi) is 9.50. The van der Waals surface area contributed by atoms with Crippen molar-refractivity contribution in [1.29, 1.82) is 0 Å². The van der Waals surface area contributed by atoms with Crippen LogP contribution in [-0.2, 0) is 4.79 Å². The predicted molar refractivity (Wildman–Crippen MR) is 145 cm³/mol. The van der Waals surface area contributed by atoms with Gasteiger partial charge in [-0.25, -0.2) is 0 Å². The second kappa shape index (κ2) is 12.8. The van der Waals surface area contributed by atoms with Crippen LogP contribution in [0.5, 0.6) is 11.5 Å². The summed E-state index contributed by atoms with van der Waals surface area (Å²) in [5.74, 6) is 1.04. The summed E-state index contributed by atoms with van der Waals surface area (Å²) in [7, 11) is 1.61. The molecule has 184 valence electrons. The molecule has 0 atom stereocenters. The number of amides is 1. The van der Waals surface area contributed by atoms with E-state index in [-0.39, 0.29) is 5.91 Å². The lowest BCUT2D eigenvalue weighted by Crippen LogP contribution is -2.39. The van der Waals surface area contributed by atoms with Crippen molar-refractivity contribution in [3.63, 3.8) is 0 Å². The molecule has 0 aliphatic heterocycles. The molecule has 0 aromatic heterocycles. The largest absolute Gasteiger partial charge is 0.493 e. The van der Waals surface area contributed by atoms with E-state index >= 15 is 0 Å². The van der Waals surface area contributed by atoms with E-state index in [4.69, 9.17) is 9.47 Å². The van der Waals surface area contributed by atoms with Gasteiger partial charge in [-0.3, -0.25) is 9.69 Å². The maximum Gasteiger partial charge on any atom is 0.248 e. The van der Waals surface area contributed by atoms with Crippen molar-refractivity contribution >= 4 is 17.7 Å². The van der Waals surface area contributed by atoms with Crippen LogP contribution in [0.2, 0.25) is 0 Å². The number of nitrogens with zero attached hydrogens (tertiary/aromatic N) is 1. The fourth-order valence-corrected chi connectivity index (χ4v) is 4.01. The Balaban J connectivity index is 1.60. The van der Waals surface area contributed by atoms with E-state index in [0.717, 1.165) is 17.7 Å². The molecule has 35 heavy (non-hydrogen) atoms. The maximum absolute atomic E-state index is 12.5. The fourth-order valence-electron chi connectivity index (χ4n) is 4.01. The lowest BCUT2D eigenvalue weighted by molar-refractivity contribution is -0.111. The summed E-state index contributed by atoms with van der Waals surface area (Å²) in [6, 6.07) is 24.6. The molecule has 0 saturated carbocycles. The van der Waals surface area contributed by atoms with E-state index in [0.29, 0.717) is 35.9 Å². The van der Waals surface area contributed by atoms with Crippen LogP contribution in [0.25, 0.3) is 17.2 Å². The normalized spacial score (nSPS) is 11.4. The van der Waals surface area contributed by atoms with Gasteiger partial charge in [0.1, 0.15) is 6.61 Å². The summed E-state index contributed by atoms with van der Waals surface area (Å²) < 4.78 is 11.5. The zero-order valence-corrected chi connectivity index (χ0v) is 21.3. The van der Waals surface area contributed by atoms with Gasteiger partial charge in [0.25, 0.3) is 0 Å². The summed E-state index contributed by atoms with van der Waals surface area (Å²) in [5.41, 5.74) is 3.92. The van der Waals surface area contributed by atoms with Gasteiger partial charge in [-0.2, -0.15) is 0 Å². The first-order valence-corrected chi connectivity index (χ1v) is 12.1. The molecular formula is C30H36N2O3. The number of carbonyl (C=O) groups is 1. The lowest BCUT2D eigenvalue weighted by atomic mass is 10.0. The third-order valence-corrected chi connectivity index (χ3v) is 5.81. The molecule has 3 rings (SSSR count). The topological polar surface area (TPSA) is 50.8 Å². The number of carbonyl (C=O) groups excluding carboxylic acids is 1. The third kappa shape index (κ3) is 7.72. The first-order valence-electron chi connectivity index (χ1n) is 12.1. The Bertz CT molecular complexity index is 1100. The van der Waals surface area contributed by atoms with Crippen LogP contribution in [-0.4, -0.2) is 43.2 Å². The molecule has 3 aromatic carbocycles. The highest BCUT2D eigenvalue weighted by molar-refractivity contribution is 6.02. The van der Waals surface area contributed by atoms with Gasteiger partial charge in [-0.05, 0) is 62.6 Å². The summed E-state index contributed by atoms with van der Waals surface area (Å²) in [6.07, 6.45) is 3.34. The van der Waals surface area contributed by atoms with Gasteiger partial charge in [0, 0.05) is 36.5 Å². The molecule has 1 N–H and O–H groups in total. The number of hydrogen-bond acceptors (Lipinski definition) is 4. The number of rotatable bonds is 11. The molecule has 0 heterocycles. The van der Waals surface area contributed by atoms with Crippen molar-refractivity contribution in [2.45, 2.75) is 39.8 Å². The van der Waals surface area contributed by atoms with E-state index < -0.39 is 0 Å². The van der Waals surface area contributed by atoms with E-state index in [1.54, 1.807) is 31.4 Å². The second-order valence-corrected chi connectivity index (χ2v) is 8.95. The number of nitrogens with one attached hydrogen (secondary N) is 1. The zero-order valence-electron chi connectivity index (χ0n) is 21.3. The molecule has 3 aromatic rings. The van der Waals surface area contributed by atoms with Crippen molar-refractivity contribution in [1.82, 2.24) is 4.90 Å². The van der Waals surface area contributed by atoms with Crippen molar-refractivity contribution in [3.8, 4) is 22.6 Å². The van der Waals surface area contributed by atoms with Crippen molar-refractivity contribution in [3.05, 3.63) is 84.4 Å². The van der Waals surface area contributed by atoms with Gasteiger partial charge in [0.15, 0.2) is 11.5 Å². The Morgan fingerprint density at radius 3 is 2.17 bits per heavy atom. The van der Waals surface area contributed by atoms with Crippen molar-refractivity contribution in [2.24, 2.45) is 0 Å². The molecule has 0 saturated heterocycles. The molecule has 0 fully saturated rings.